The van der Waals surface area contributed by atoms with E-state index in [-0.39, 0.29) is 5.56 Å². The molecule has 0 amide bonds. The molecule has 13 heavy (non-hydrogen) atoms. The van der Waals surface area contributed by atoms with Crippen LogP contribution in [0.5, 0.6) is 0 Å². The van der Waals surface area contributed by atoms with Crippen LogP contribution in [-0.4, -0.2) is 15.8 Å². The molecule has 0 saturated heterocycles. The molecule has 1 saturated carbocycles. The van der Waals surface area contributed by atoms with Gasteiger partial charge in [0.15, 0.2) is 0 Å². The lowest BCUT2D eigenvalue weighted by Crippen LogP contribution is -2.21. The predicted molar refractivity (Wildman–Crippen MR) is 50.8 cm³/mol. The molecule has 1 fully saturated rings. The lowest BCUT2D eigenvalue weighted by molar-refractivity contribution is 0.616. The molecule has 0 radical (unpaired) electrons. The van der Waals surface area contributed by atoms with Crippen molar-refractivity contribution < 1.29 is 0 Å². The molecule has 0 bridgehead atoms. The van der Waals surface area contributed by atoms with Crippen LogP contribution in [0, 0.1) is 0 Å². The summed E-state index contributed by atoms with van der Waals surface area (Å²) >= 11 is 0. The van der Waals surface area contributed by atoms with E-state index in [0.717, 1.165) is 5.69 Å². The number of hydrogen-bond donors (Lipinski definition) is 1. The van der Waals surface area contributed by atoms with Crippen molar-refractivity contribution in [2.45, 2.75) is 32.4 Å². The Bertz CT molecular complexity index is 354. The Morgan fingerprint density at radius 1 is 1.69 bits per heavy atom. The van der Waals surface area contributed by atoms with E-state index in [4.69, 9.17) is 0 Å². The van der Waals surface area contributed by atoms with Crippen LogP contribution in [0.15, 0.2) is 17.1 Å². The standard InChI is InChI=1S/C9H13N3O/c1-2-12-9(13)5-8(6-10-12)11-7-3-4-7/h5-7,11H,2-4H2,1H3. The highest BCUT2D eigenvalue weighted by molar-refractivity contribution is 5.41. The lowest BCUT2D eigenvalue weighted by atomic mass is 10.4. The van der Waals surface area contributed by atoms with Crippen LogP contribution in [0.1, 0.15) is 19.8 Å². The van der Waals surface area contributed by atoms with Crippen molar-refractivity contribution in [3.63, 3.8) is 0 Å². The van der Waals surface area contributed by atoms with Gasteiger partial charge >= 0.3 is 0 Å². The van der Waals surface area contributed by atoms with Crippen LogP contribution in [0.3, 0.4) is 0 Å². The second kappa shape index (κ2) is 3.20. The first-order chi connectivity index (χ1) is 6.29. The van der Waals surface area contributed by atoms with Gasteiger partial charge in [-0.25, -0.2) is 4.68 Å². The molecule has 4 heteroatoms. The Morgan fingerprint density at radius 2 is 2.46 bits per heavy atom. The number of aryl methyl sites for hydroxylation is 1. The smallest absolute Gasteiger partial charge is 0.268 e. The van der Waals surface area contributed by atoms with Crippen molar-refractivity contribution in [1.82, 2.24) is 9.78 Å². The van der Waals surface area contributed by atoms with Gasteiger partial charge in [-0.3, -0.25) is 4.79 Å². The topological polar surface area (TPSA) is 46.9 Å². The second-order valence-electron chi connectivity index (χ2n) is 3.32. The minimum Gasteiger partial charge on any atom is -0.381 e. The number of anilines is 1. The Balaban J connectivity index is 2.19. The average Bonchev–Trinajstić information content (AvgIpc) is 2.89. The monoisotopic (exact) mass is 179 g/mol. The molecule has 0 spiro atoms. The summed E-state index contributed by atoms with van der Waals surface area (Å²) in [6.07, 6.45) is 4.12. The van der Waals surface area contributed by atoms with E-state index in [1.807, 2.05) is 6.92 Å². The van der Waals surface area contributed by atoms with Crippen LogP contribution in [0.25, 0.3) is 0 Å². The molecule has 1 N–H and O–H groups in total. The molecular weight excluding hydrogens is 166 g/mol. The summed E-state index contributed by atoms with van der Waals surface area (Å²) in [6, 6.07) is 2.17. The van der Waals surface area contributed by atoms with Gasteiger partial charge in [0.2, 0.25) is 0 Å². The van der Waals surface area contributed by atoms with Gasteiger partial charge in [0.25, 0.3) is 5.56 Å². The maximum Gasteiger partial charge on any atom is 0.268 e. The molecule has 0 unspecified atom stereocenters. The summed E-state index contributed by atoms with van der Waals surface area (Å²) in [6.45, 7) is 2.53. The number of hydrogen-bond acceptors (Lipinski definition) is 3. The molecule has 1 aromatic rings. The van der Waals surface area contributed by atoms with Crippen molar-refractivity contribution in [1.29, 1.82) is 0 Å². The van der Waals surface area contributed by atoms with E-state index in [1.165, 1.54) is 17.5 Å². The average molecular weight is 179 g/mol. The Morgan fingerprint density at radius 3 is 3.00 bits per heavy atom. The van der Waals surface area contributed by atoms with Crippen molar-refractivity contribution in [2.75, 3.05) is 5.32 Å². The zero-order chi connectivity index (χ0) is 9.26. The van der Waals surface area contributed by atoms with Crippen molar-refractivity contribution in [3.05, 3.63) is 22.6 Å². The first kappa shape index (κ1) is 8.29. The SMILES string of the molecule is CCn1ncc(NC2CC2)cc1=O. The second-order valence-corrected chi connectivity index (χ2v) is 3.32. The lowest BCUT2D eigenvalue weighted by Gasteiger charge is -2.04. The molecular formula is C9H13N3O. The van der Waals surface area contributed by atoms with Crippen LogP contribution in [-0.2, 0) is 6.54 Å². The van der Waals surface area contributed by atoms with E-state index in [1.54, 1.807) is 12.3 Å². The Kier molecular flexibility index (Phi) is 2.04. The third-order valence-electron chi connectivity index (χ3n) is 2.12. The van der Waals surface area contributed by atoms with Gasteiger partial charge in [0.05, 0.1) is 11.9 Å². The number of rotatable bonds is 3. The molecule has 0 atom stereocenters. The van der Waals surface area contributed by atoms with E-state index in [0.29, 0.717) is 12.6 Å². The van der Waals surface area contributed by atoms with Gasteiger partial charge in [0.1, 0.15) is 0 Å². The van der Waals surface area contributed by atoms with Crippen LogP contribution < -0.4 is 10.9 Å². The van der Waals surface area contributed by atoms with E-state index in [9.17, 15) is 4.79 Å². The quantitative estimate of drug-likeness (QED) is 0.747. The molecule has 1 aromatic heterocycles. The maximum atomic E-state index is 11.3. The highest BCUT2D eigenvalue weighted by Crippen LogP contribution is 2.23. The zero-order valence-electron chi connectivity index (χ0n) is 7.66. The molecule has 1 aliphatic carbocycles. The third-order valence-corrected chi connectivity index (χ3v) is 2.12. The number of aromatic nitrogens is 2. The van der Waals surface area contributed by atoms with Gasteiger partial charge in [-0.1, -0.05) is 0 Å². The highest BCUT2D eigenvalue weighted by atomic mass is 16.1. The molecule has 1 heterocycles. The predicted octanol–water partition coefficient (Wildman–Crippen LogP) is 0.837. The highest BCUT2D eigenvalue weighted by Gasteiger charge is 2.20. The summed E-state index contributed by atoms with van der Waals surface area (Å²) in [5.74, 6) is 0. The summed E-state index contributed by atoms with van der Waals surface area (Å²) in [5.41, 5.74) is 0.811. The van der Waals surface area contributed by atoms with E-state index < -0.39 is 0 Å². The zero-order valence-corrected chi connectivity index (χ0v) is 7.66. The van der Waals surface area contributed by atoms with Crippen molar-refractivity contribution in [3.8, 4) is 0 Å². The summed E-state index contributed by atoms with van der Waals surface area (Å²) in [5, 5.41) is 7.25. The minimum atomic E-state index is -0.0341. The molecule has 0 aliphatic heterocycles. The van der Waals surface area contributed by atoms with E-state index in [2.05, 4.69) is 10.4 Å². The largest absolute Gasteiger partial charge is 0.381 e. The molecule has 0 aromatic carbocycles. The maximum absolute atomic E-state index is 11.3. The van der Waals surface area contributed by atoms with Crippen LogP contribution in [0.2, 0.25) is 0 Å². The van der Waals surface area contributed by atoms with Crippen molar-refractivity contribution in [2.24, 2.45) is 0 Å². The van der Waals surface area contributed by atoms with Gasteiger partial charge < -0.3 is 5.32 Å². The fraction of sp³-hybridized carbons (Fsp3) is 0.556. The molecule has 4 nitrogen and oxygen atoms in total. The third kappa shape index (κ3) is 1.88. The Labute approximate surface area is 76.6 Å². The molecule has 1 aliphatic rings. The number of nitrogens with one attached hydrogen (secondary N) is 1. The van der Waals surface area contributed by atoms with Crippen LogP contribution >= 0.6 is 0 Å². The summed E-state index contributed by atoms with van der Waals surface area (Å²) in [7, 11) is 0. The molecule has 70 valence electrons. The Hall–Kier alpha value is -1.32. The fourth-order valence-corrected chi connectivity index (χ4v) is 1.21. The van der Waals surface area contributed by atoms with Gasteiger partial charge in [0, 0.05) is 18.7 Å². The van der Waals surface area contributed by atoms with Gasteiger partial charge in [-0.15, -0.1) is 0 Å². The first-order valence-corrected chi connectivity index (χ1v) is 4.63. The fourth-order valence-electron chi connectivity index (χ4n) is 1.21. The minimum absolute atomic E-state index is 0.0341. The van der Waals surface area contributed by atoms with Crippen molar-refractivity contribution >= 4 is 5.69 Å². The van der Waals surface area contributed by atoms with Gasteiger partial charge in [-0.05, 0) is 19.8 Å². The van der Waals surface area contributed by atoms with Gasteiger partial charge in [-0.2, -0.15) is 5.10 Å². The van der Waals surface area contributed by atoms with E-state index >= 15 is 0 Å². The molecule has 2 rings (SSSR count). The number of nitrogens with zero attached hydrogens (tertiary/aromatic N) is 2. The first-order valence-electron chi connectivity index (χ1n) is 4.63. The summed E-state index contributed by atoms with van der Waals surface area (Å²) in [4.78, 5) is 11.3. The normalized spacial score (nSPS) is 15.8. The van der Waals surface area contributed by atoms with Crippen LogP contribution in [0.4, 0.5) is 5.69 Å². The summed E-state index contributed by atoms with van der Waals surface area (Å²) < 4.78 is 1.44.